The summed E-state index contributed by atoms with van der Waals surface area (Å²) in [6, 6.07) is 14.7. The van der Waals surface area contributed by atoms with Crippen molar-refractivity contribution >= 4 is 28.5 Å². The number of benzene rings is 2. The van der Waals surface area contributed by atoms with Gasteiger partial charge in [-0.1, -0.05) is 24.3 Å². The second-order valence-corrected chi connectivity index (χ2v) is 5.49. The van der Waals surface area contributed by atoms with Gasteiger partial charge in [0.1, 0.15) is 0 Å². The maximum atomic E-state index is 12.5. The first kappa shape index (κ1) is 13.6. The van der Waals surface area contributed by atoms with E-state index in [9.17, 15) is 9.59 Å². The minimum Gasteiger partial charge on any atom is -0.448 e. The summed E-state index contributed by atoms with van der Waals surface area (Å²) in [5.74, 6) is -0.770. The fourth-order valence-electron chi connectivity index (χ4n) is 2.89. The third-order valence-corrected chi connectivity index (χ3v) is 4.04. The number of aromatic amines is 1. The van der Waals surface area contributed by atoms with Crippen molar-refractivity contribution in [2.75, 3.05) is 5.32 Å². The van der Waals surface area contributed by atoms with Gasteiger partial charge in [0.15, 0.2) is 6.10 Å². The molecule has 1 atom stereocenters. The van der Waals surface area contributed by atoms with Crippen LogP contribution >= 0.6 is 0 Å². The van der Waals surface area contributed by atoms with Crippen LogP contribution in [0, 0.1) is 0 Å². The lowest BCUT2D eigenvalue weighted by Gasteiger charge is -2.23. The summed E-state index contributed by atoms with van der Waals surface area (Å²) in [6.07, 6.45) is 1.39. The van der Waals surface area contributed by atoms with Crippen molar-refractivity contribution in [3.05, 3.63) is 65.9 Å². The normalized spacial score (nSPS) is 16.7. The van der Waals surface area contributed by atoms with E-state index in [0.717, 1.165) is 16.5 Å². The Hall–Kier alpha value is -3.08. The molecule has 2 heterocycles. The van der Waals surface area contributed by atoms with Crippen molar-refractivity contribution < 1.29 is 14.3 Å². The number of ether oxygens (including phenoxy) is 1. The lowest BCUT2D eigenvalue weighted by Crippen LogP contribution is -2.38. The van der Waals surface area contributed by atoms with Crippen LogP contribution in [0.3, 0.4) is 0 Å². The second kappa shape index (κ2) is 5.28. The van der Waals surface area contributed by atoms with Crippen LogP contribution in [-0.2, 0) is 16.0 Å². The van der Waals surface area contributed by atoms with Crippen LogP contribution in [-0.4, -0.2) is 23.0 Å². The van der Waals surface area contributed by atoms with Crippen molar-refractivity contribution in [3.8, 4) is 0 Å². The molecule has 1 unspecified atom stereocenters. The second-order valence-electron chi connectivity index (χ2n) is 5.49. The van der Waals surface area contributed by atoms with E-state index in [1.807, 2.05) is 42.6 Å². The maximum absolute atomic E-state index is 12.5. The summed E-state index contributed by atoms with van der Waals surface area (Å²) in [5.41, 5.74) is 3.01. The first-order valence-corrected chi connectivity index (χ1v) is 7.38. The van der Waals surface area contributed by atoms with E-state index >= 15 is 0 Å². The number of H-pyrrole nitrogens is 1. The van der Waals surface area contributed by atoms with E-state index in [4.69, 9.17) is 4.74 Å². The van der Waals surface area contributed by atoms with Gasteiger partial charge in [-0.3, -0.25) is 4.79 Å². The molecular weight excluding hydrogens is 292 g/mol. The van der Waals surface area contributed by atoms with Crippen molar-refractivity contribution in [1.82, 2.24) is 4.98 Å². The first-order valence-electron chi connectivity index (χ1n) is 7.38. The molecule has 4 rings (SSSR count). The van der Waals surface area contributed by atoms with Gasteiger partial charge < -0.3 is 15.0 Å². The molecule has 23 heavy (non-hydrogen) atoms. The number of fused-ring (bicyclic) bond motifs is 2. The van der Waals surface area contributed by atoms with Crippen LogP contribution in [0.5, 0.6) is 0 Å². The Morgan fingerprint density at radius 3 is 2.91 bits per heavy atom. The van der Waals surface area contributed by atoms with E-state index < -0.39 is 12.1 Å². The number of nitrogens with one attached hydrogen (secondary N) is 2. The zero-order valence-electron chi connectivity index (χ0n) is 12.2. The van der Waals surface area contributed by atoms with E-state index in [2.05, 4.69) is 10.3 Å². The number of carbonyl (C=O) groups excluding carboxylic acids is 2. The highest BCUT2D eigenvalue weighted by Gasteiger charge is 2.31. The highest BCUT2D eigenvalue weighted by molar-refractivity contribution is 6.04. The largest absolute Gasteiger partial charge is 0.448 e. The number of aromatic nitrogens is 1. The summed E-state index contributed by atoms with van der Waals surface area (Å²) >= 11 is 0. The third-order valence-electron chi connectivity index (χ3n) is 4.04. The Kier molecular flexibility index (Phi) is 3.12. The van der Waals surface area contributed by atoms with Crippen molar-refractivity contribution in [3.63, 3.8) is 0 Å². The quantitative estimate of drug-likeness (QED) is 0.715. The predicted molar refractivity (Wildman–Crippen MR) is 86.3 cm³/mol. The fourth-order valence-corrected chi connectivity index (χ4v) is 2.89. The van der Waals surface area contributed by atoms with Crippen molar-refractivity contribution in [2.45, 2.75) is 12.5 Å². The molecule has 0 aliphatic carbocycles. The number of hydrogen-bond acceptors (Lipinski definition) is 3. The van der Waals surface area contributed by atoms with Crippen molar-refractivity contribution in [2.24, 2.45) is 0 Å². The molecule has 114 valence electrons. The molecule has 1 aliphatic heterocycles. The average molecular weight is 306 g/mol. The molecule has 0 bridgehead atoms. The highest BCUT2D eigenvalue weighted by atomic mass is 16.5. The zero-order valence-corrected chi connectivity index (χ0v) is 12.2. The molecular formula is C18H14N2O3. The third kappa shape index (κ3) is 2.36. The fraction of sp³-hybridized carbons (Fsp3) is 0.111. The lowest BCUT2D eigenvalue weighted by atomic mass is 9.98. The smallest absolute Gasteiger partial charge is 0.339 e. The van der Waals surface area contributed by atoms with Gasteiger partial charge >= 0.3 is 5.97 Å². The SMILES string of the molecule is O=C1OC(C(=O)Nc2cccc3[nH]ccc23)Cc2ccccc21. The Morgan fingerprint density at radius 1 is 1.13 bits per heavy atom. The van der Waals surface area contributed by atoms with Crippen LogP contribution in [0.1, 0.15) is 15.9 Å². The summed E-state index contributed by atoms with van der Waals surface area (Å²) in [7, 11) is 0. The molecule has 0 fully saturated rings. The van der Waals surface area contributed by atoms with E-state index in [0.29, 0.717) is 17.7 Å². The van der Waals surface area contributed by atoms with Gasteiger partial charge in [-0.15, -0.1) is 0 Å². The molecule has 1 aliphatic rings. The van der Waals surface area contributed by atoms with Crippen LogP contribution in [0.2, 0.25) is 0 Å². The van der Waals surface area contributed by atoms with Crippen LogP contribution in [0.25, 0.3) is 10.9 Å². The van der Waals surface area contributed by atoms with Gasteiger partial charge in [-0.25, -0.2) is 4.79 Å². The molecule has 0 radical (unpaired) electrons. The monoisotopic (exact) mass is 306 g/mol. The molecule has 0 saturated carbocycles. The van der Waals surface area contributed by atoms with Crippen molar-refractivity contribution in [1.29, 1.82) is 0 Å². The Morgan fingerprint density at radius 2 is 2.00 bits per heavy atom. The number of anilines is 1. The first-order chi connectivity index (χ1) is 11.2. The van der Waals surface area contributed by atoms with Gasteiger partial charge in [0, 0.05) is 23.5 Å². The standard InChI is InChI=1S/C18H14N2O3/c21-17(20-15-7-3-6-14-13(15)8-9-19-14)16-10-11-4-1-2-5-12(11)18(22)23-16/h1-9,16,19H,10H2,(H,20,21). The highest BCUT2D eigenvalue weighted by Crippen LogP contribution is 2.25. The van der Waals surface area contributed by atoms with E-state index in [1.54, 1.807) is 12.1 Å². The minimum absolute atomic E-state index is 0.318. The maximum Gasteiger partial charge on any atom is 0.339 e. The number of cyclic esters (lactones) is 1. The van der Waals surface area contributed by atoms with Crippen LogP contribution in [0.4, 0.5) is 5.69 Å². The Balaban J connectivity index is 1.59. The van der Waals surface area contributed by atoms with Gasteiger partial charge in [0.05, 0.1) is 11.3 Å². The molecule has 0 saturated heterocycles. The van der Waals surface area contributed by atoms with Gasteiger partial charge in [-0.05, 0) is 29.8 Å². The van der Waals surface area contributed by atoms with Gasteiger partial charge in [0.2, 0.25) is 0 Å². The summed E-state index contributed by atoms with van der Waals surface area (Å²) in [5, 5.41) is 3.78. The zero-order chi connectivity index (χ0) is 15.8. The topological polar surface area (TPSA) is 71.2 Å². The van der Waals surface area contributed by atoms with E-state index in [1.165, 1.54) is 0 Å². The molecule has 1 aromatic heterocycles. The molecule has 5 nitrogen and oxygen atoms in total. The minimum atomic E-state index is -0.813. The Bertz CT molecular complexity index is 913. The van der Waals surface area contributed by atoms with Crippen LogP contribution < -0.4 is 5.32 Å². The molecule has 1 amide bonds. The molecule has 2 aromatic carbocycles. The Labute approximate surface area is 132 Å². The van der Waals surface area contributed by atoms with Gasteiger partial charge in [-0.2, -0.15) is 0 Å². The molecule has 5 heteroatoms. The molecule has 3 aromatic rings. The number of amides is 1. The number of hydrogen-bond donors (Lipinski definition) is 2. The average Bonchev–Trinajstić information content (AvgIpc) is 3.04. The predicted octanol–water partition coefficient (Wildman–Crippen LogP) is 2.89. The van der Waals surface area contributed by atoms with E-state index in [-0.39, 0.29) is 5.91 Å². The summed E-state index contributed by atoms with van der Waals surface area (Å²) in [4.78, 5) is 27.6. The van der Waals surface area contributed by atoms with Crippen LogP contribution in [0.15, 0.2) is 54.7 Å². The lowest BCUT2D eigenvalue weighted by molar-refractivity contribution is -0.125. The summed E-state index contributed by atoms with van der Waals surface area (Å²) < 4.78 is 5.28. The number of rotatable bonds is 2. The number of carbonyl (C=O) groups is 2. The summed E-state index contributed by atoms with van der Waals surface area (Å²) in [6.45, 7) is 0. The molecule has 0 spiro atoms. The van der Waals surface area contributed by atoms with Gasteiger partial charge in [0.25, 0.3) is 5.91 Å². The number of esters is 1. The molecule has 2 N–H and O–H groups in total.